The number of carboxylic acids is 1. The zero-order valence-corrected chi connectivity index (χ0v) is 10.8. The fourth-order valence-corrected chi connectivity index (χ4v) is 2.07. The number of hydrogen-bond donors (Lipinski definition) is 2. The van der Waals surface area contributed by atoms with Crippen molar-refractivity contribution in [2.75, 3.05) is 6.54 Å². The molecule has 1 atom stereocenters. The Hall–Kier alpha value is -0.870. The largest absolute Gasteiger partial charge is 0.478 e. The van der Waals surface area contributed by atoms with E-state index in [1.54, 1.807) is 11.4 Å². The molecular weight excluding hydrogens is 222 g/mol. The minimum Gasteiger partial charge on any atom is -0.478 e. The van der Waals surface area contributed by atoms with Crippen LogP contribution in [0.15, 0.2) is 11.4 Å². The number of aromatic carboxylic acids is 1. The van der Waals surface area contributed by atoms with Crippen molar-refractivity contribution in [1.82, 2.24) is 5.32 Å². The van der Waals surface area contributed by atoms with Crippen LogP contribution in [0.25, 0.3) is 0 Å². The summed E-state index contributed by atoms with van der Waals surface area (Å²) in [6.45, 7) is 8.36. The van der Waals surface area contributed by atoms with Crippen LogP contribution in [0.4, 0.5) is 0 Å². The highest BCUT2D eigenvalue weighted by atomic mass is 32.1. The first-order chi connectivity index (χ1) is 7.50. The van der Waals surface area contributed by atoms with E-state index in [4.69, 9.17) is 5.11 Å². The first-order valence-corrected chi connectivity index (χ1v) is 6.40. The summed E-state index contributed by atoms with van der Waals surface area (Å²) < 4.78 is 0. The lowest BCUT2D eigenvalue weighted by Crippen LogP contribution is -2.23. The van der Waals surface area contributed by atoms with E-state index in [1.165, 1.54) is 11.3 Å². The highest BCUT2D eigenvalue weighted by molar-refractivity contribution is 7.10. The van der Waals surface area contributed by atoms with Gasteiger partial charge < -0.3 is 10.4 Å². The zero-order chi connectivity index (χ0) is 12.1. The molecule has 0 aliphatic rings. The Balaban J connectivity index is 2.35. The molecule has 0 aliphatic carbocycles. The molecule has 1 unspecified atom stereocenters. The van der Waals surface area contributed by atoms with Crippen molar-refractivity contribution < 1.29 is 9.90 Å². The molecule has 0 spiro atoms. The van der Waals surface area contributed by atoms with Gasteiger partial charge in [0, 0.05) is 16.8 Å². The molecule has 1 rings (SSSR count). The Morgan fingerprint density at radius 2 is 2.19 bits per heavy atom. The van der Waals surface area contributed by atoms with Gasteiger partial charge in [-0.1, -0.05) is 20.8 Å². The molecule has 0 radical (unpaired) electrons. The second kappa shape index (κ2) is 6.01. The normalized spacial score (nSPS) is 13.0. The Labute approximate surface area is 100 Å². The molecule has 90 valence electrons. The van der Waals surface area contributed by atoms with Gasteiger partial charge in [0.2, 0.25) is 0 Å². The lowest BCUT2D eigenvalue weighted by molar-refractivity contribution is 0.0697. The van der Waals surface area contributed by atoms with Crippen LogP contribution < -0.4 is 5.32 Å². The first-order valence-electron chi connectivity index (χ1n) is 5.52. The van der Waals surface area contributed by atoms with Crippen LogP contribution in [0.3, 0.4) is 0 Å². The highest BCUT2D eigenvalue weighted by Crippen LogP contribution is 2.15. The predicted octanol–water partition coefficient (Wildman–Crippen LogP) is 2.83. The van der Waals surface area contributed by atoms with Crippen LogP contribution in [0, 0.1) is 11.8 Å². The number of hydrogen-bond acceptors (Lipinski definition) is 3. The van der Waals surface area contributed by atoms with E-state index in [1.807, 2.05) is 0 Å². The number of carboxylic acid groups (broad SMARTS) is 1. The van der Waals surface area contributed by atoms with Gasteiger partial charge in [0.25, 0.3) is 0 Å². The minimum absolute atomic E-state index is 0.388. The zero-order valence-electron chi connectivity index (χ0n) is 9.99. The van der Waals surface area contributed by atoms with Crippen molar-refractivity contribution >= 4 is 17.3 Å². The third-order valence-corrected chi connectivity index (χ3v) is 3.74. The van der Waals surface area contributed by atoms with Gasteiger partial charge in [-0.3, -0.25) is 0 Å². The van der Waals surface area contributed by atoms with E-state index in [2.05, 4.69) is 26.1 Å². The van der Waals surface area contributed by atoms with Crippen LogP contribution in [0.2, 0.25) is 0 Å². The lowest BCUT2D eigenvalue weighted by Gasteiger charge is -2.15. The van der Waals surface area contributed by atoms with Crippen molar-refractivity contribution in [3.8, 4) is 0 Å². The minimum atomic E-state index is -0.849. The van der Waals surface area contributed by atoms with Gasteiger partial charge in [0.15, 0.2) is 0 Å². The molecule has 16 heavy (non-hydrogen) atoms. The monoisotopic (exact) mass is 241 g/mol. The van der Waals surface area contributed by atoms with Crippen molar-refractivity contribution in [3.63, 3.8) is 0 Å². The molecule has 0 bridgehead atoms. The third-order valence-electron chi connectivity index (χ3n) is 2.80. The highest BCUT2D eigenvalue weighted by Gasteiger charge is 2.08. The fourth-order valence-electron chi connectivity index (χ4n) is 1.24. The van der Waals surface area contributed by atoms with E-state index in [9.17, 15) is 4.79 Å². The fraction of sp³-hybridized carbons (Fsp3) is 0.583. The second-order valence-electron chi connectivity index (χ2n) is 4.46. The molecule has 0 fully saturated rings. The van der Waals surface area contributed by atoms with Crippen LogP contribution in [-0.4, -0.2) is 17.6 Å². The summed E-state index contributed by atoms with van der Waals surface area (Å²) in [5.74, 6) is 0.461. The molecule has 0 amide bonds. The topological polar surface area (TPSA) is 49.3 Å². The Morgan fingerprint density at radius 1 is 1.50 bits per heavy atom. The van der Waals surface area contributed by atoms with Crippen LogP contribution >= 0.6 is 11.3 Å². The van der Waals surface area contributed by atoms with Gasteiger partial charge in [-0.25, -0.2) is 4.79 Å². The Bertz CT molecular complexity index is 347. The Morgan fingerprint density at radius 3 is 2.69 bits per heavy atom. The summed E-state index contributed by atoms with van der Waals surface area (Å²) in [4.78, 5) is 11.7. The average Bonchev–Trinajstić information content (AvgIpc) is 2.66. The summed E-state index contributed by atoms with van der Waals surface area (Å²) in [6.07, 6.45) is 0. The van der Waals surface area contributed by atoms with Gasteiger partial charge in [-0.15, -0.1) is 11.3 Å². The summed E-state index contributed by atoms with van der Waals surface area (Å²) in [6, 6.07) is 1.74. The van der Waals surface area contributed by atoms with Gasteiger partial charge >= 0.3 is 5.97 Å². The SMILES string of the molecule is CC(C)C(C)CNCc1cc(C(=O)O)cs1. The van der Waals surface area contributed by atoms with E-state index < -0.39 is 5.97 Å². The van der Waals surface area contributed by atoms with Crippen molar-refractivity contribution in [1.29, 1.82) is 0 Å². The number of nitrogens with one attached hydrogen (secondary N) is 1. The van der Waals surface area contributed by atoms with Gasteiger partial charge in [0.05, 0.1) is 5.56 Å². The number of carbonyl (C=O) groups is 1. The first kappa shape index (κ1) is 13.2. The molecule has 0 saturated heterocycles. The Kier molecular flexibility index (Phi) is 4.96. The standard InChI is InChI=1S/C12H19NO2S/c1-8(2)9(3)5-13-6-11-4-10(7-16-11)12(14)15/h4,7-9,13H,5-6H2,1-3H3,(H,14,15). The smallest absolute Gasteiger partial charge is 0.336 e. The molecule has 0 aromatic carbocycles. The van der Waals surface area contributed by atoms with Crippen molar-refractivity contribution in [2.24, 2.45) is 11.8 Å². The van der Waals surface area contributed by atoms with Crippen molar-refractivity contribution in [2.45, 2.75) is 27.3 Å². The summed E-state index contributed by atoms with van der Waals surface area (Å²) in [5.41, 5.74) is 0.388. The molecular formula is C12H19NO2S. The quantitative estimate of drug-likeness (QED) is 0.805. The molecule has 1 heterocycles. The number of rotatable bonds is 6. The average molecular weight is 241 g/mol. The van der Waals surface area contributed by atoms with E-state index in [0.29, 0.717) is 17.4 Å². The second-order valence-corrected chi connectivity index (χ2v) is 5.45. The summed E-state index contributed by atoms with van der Waals surface area (Å²) >= 11 is 1.49. The molecule has 2 N–H and O–H groups in total. The summed E-state index contributed by atoms with van der Waals surface area (Å²) in [5, 5.41) is 13.8. The molecule has 3 nitrogen and oxygen atoms in total. The van der Waals surface area contributed by atoms with E-state index in [0.717, 1.165) is 18.0 Å². The van der Waals surface area contributed by atoms with Crippen LogP contribution in [0.5, 0.6) is 0 Å². The van der Waals surface area contributed by atoms with E-state index >= 15 is 0 Å². The van der Waals surface area contributed by atoms with Crippen molar-refractivity contribution in [3.05, 3.63) is 21.9 Å². The van der Waals surface area contributed by atoms with Gasteiger partial charge in [0.1, 0.15) is 0 Å². The predicted molar refractivity (Wildman–Crippen MR) is 67.0 cm³/mol. The lowest BCUT2D eigenvalue weighted by atomic mass is 9.98. The molecule has 1 aromatic heterocycles. The van der Waals surface area contributed by atoms with Crippen LogP contribution in [0.1, 0.15) is 36.0 Å². The van der Waals surface area contributed by atoms with Gasteiger partial charge in [-0.2, -0.15) is 0 Å². The third kappa shape index (κ3) is 3.94. The van der Waals surface area contributed by atoms with Crippen LogP contribution in [-0.2, 0) is 6.54 Å². The summed E-state index contributed by atoms with van der Waals surface area (Å²) in [7, 11) is 0. The maximum atomic E-state index is 10.7. The van der Waals surface area contributed by atoms with E-state index in [-0.39, 0.29) is 0 Å². The van der Waals surface area contributed by atoms with Gasteiger partial charge in [-0.05, 0) is 24.4 Å². The maximum absolute atomic E-state index is 10.7. The molecule has 0 saturated carbocycles. The number of thiophene rings is 1. The maximum Gasteiger partial charge on any atom is 0.336 e. The molecule has 1 aromatic rings. The molecule has 0 aliphatic heterocycles. The molecule has 4 heteroatoms.